The number of amides is 2. The Balaban J connectivity index is 1.82. The first-order valence-electron chi connectivity index (χ1n) is 9.06. The topological polar surface area (TPSA) is 70.2 Å². The van der Waals surface area contributed by atoms with E-state index in [4.69, 9.17) is 0 Å². The molecule has 2 amide bonds. The van der Waals surface area contributed by atoms with Gasteiger partial charge in [0.15, 0.2) is 0 Å². The predicted octanol–water partition coefficient (Wildman–Crippen LogP) is 3.51. The van der Waals surface area contributed by atoms with E-state index in [1.165, 1.54) is 0 Å². The molecule has 2 aromatic rings. The molecule has 0 heterocycles. The van der Waals surface area contributed by atoms with Gasteiger partial charge in [-0.3, -0.25) is 9.59 Å². The van der Waals surface area contributed by atoms with Gasteiger partial charge in [-0.25, -0.2) is 0 Å². The average molecular weight is 353 g/mol. The molecule has 1 unspecified atom stereocenters. The predicted molar refractivity (Wildman–Crippen MR) is 105 cm³/mol. The Kier molecular flexibility index (Phi) is 7.68. The Morgan fingerprint density at radius 2 is 1.69 bits per heavy atom. The molecule has 5 nitrogen and oxygen atoms in total. The van der Waals surface area contributed by atoms with E-state index in [1.807, 2.05) is 37.3 Å². The molecule has 0 aliphatic rings. The first kappa shape index (κ1) is 19.5. The molecule has 2 aromatic carbocycles. The summed E-state index contributed by atoms with van der Waals surface area (Å²) in [5.74, 6) is -0.151. The Morgan fingerprint density at radius 3 is 2.35 bits per heavy atom. The number of carbonyl (C=O) groups excluding carboxylic acids is 2. The minimum atomic E-state index is -0.120. The van der Waals surface area contributed by atoms with Crippen molar-refractivity contribution in [2.75, 3.05) is 18.4 Å². The third-order valence-corrected chi connectivity index (χ3v) is 4.10. The van der Waals surface area contributed by atoms with Crippen LogP contribution in [0.4, 0.5) is 5.69 Å². The van der Waals surface area contributed by atoms with Gasteiger partial charge in [0, 0.05) is 17.8 Å². The summed E-state index contributed by atoms with van der Waals surface area (Å²) < 4.78 is 0. The van der Waals surface area contributed by atoms with Crippen LogP contribution in [-0.4, -0.2) is 24.9 Å². The summed E-state index contributed by atoms with van der Waals surface area (Å²) in [5.41, 5.74) is 2.46. The Hall–Kier alpha value is -2.82. The van der Waals surface area contributed by atoms with Crippen molar-refractivity contribution >= 4 is 17.5 Å². The molecule has 1 atom stereocenters. The summed E-state index contributed by atoms with van der Waals surface area (Å²) in [6.07, 6.45) is 2.04. The van der Waals surface area contributed by atoms with E-state index in [-0.39, 0.29) is 24.4 Å². The molecule has 5 heteroatoms. The van der Waals surface area contributed by atoms with Crippen molar-refractivity contribution in [2.24, 2.45) is 0 Å². The lowest BCUT2D eigenvalue weighted by atomic mass is 10.1. The van der Waals surface area contributed by atoms with Crippen LogP contribution in [0.1, 0.15) is 48.7 Å². The van der Waals surface area contributed by atoms with Gasteiger partial charge in [0.05, 0.1) is 12.6 Å². The standard InChI is InChI=1S/C21H27N3O2/c1-3-4-14-22-20(25)15-23-19-12-10-18(11-13-19)21(26)24-16(2)17-8-6-5-7-9-17/h5-13,16,23H,3-4,14-15H2,1-2H3,(H,22,25)(H,24,26). The van der Waals surface area contributed by atoms with Crippen LogP contribution in [0.5, 0.6) is 0 Å². The second kappa shape index (κ2) is 10.2. The zero-order valence-electron chi connectivity index (χ0n) is 15.4. The summed E-state index contributed by atoms with van der Waals surface area (Å²) in [5, 5.41) is 8.90. The van der Waals surface area contributed by atoms with Crippen LogP contribution < -0.4 is 16.0 Å². The zero-order valence-corrected chi connectivity index (χ0v) is 15.4. The minimum absolute atomic E-state index is 0.0306. The SMILES string of the molecule is CCCCNC(=O)CNc1ccc(C(=O)NC(C)c2ccccc2)cc1. The van der Waals surface area contributed by atoms with Crippen molar-refractivity contribution in [2.45, 2.75) is 32.7 Å². The highest BCUT2D eigenvalue weighted by molar-refractivity contribution is 5.94. The molecule has 2 rings (SSSR count). The quantitative estimate of drug-likeness (QED) is 0.604. The molecule has 0 spiro atoms. The van der Waals surface area contributed by atoms with Crippen LogP contribution in [0.25, 0.3) is 0 Å². The third-order valence-electron chi connectivity index (χ3n) is 4.10. The van der Waals surface area contributed by atoms with Crippen LogP contribution in [0.2, 0.25) is 0 Å². The van der Waals surface area contributed by atoms with Crippen LogP contribution in [0.3, 0.4) is 0 Å². The fourth-order valence-corrected chi connectivity index (χ4v) is 2.49. The number of hydrogen-bond acceptors (Lipinski definition) is 3. The van der Waals surface area contributed by atoms with E-state index < -0.39 is 0 Å². The summed E-state index contributed by atoms with van der Waals surface area (Å²) in [6.45, 7) is 4.97. The lowest BCUT2D eigenvalue weighted by Crippen LogP contribution is -2.30. The number of benzene rings is 2. The fourth-order valence-electron chi connectivity index (χ4n) is 2.49. The van der Waals surface area contributed by atoms with Crippen molar-refractivity contribution in [1.82, 2.24) is 10.6 Å². The highest BCUT2D eigenvalue weighted by Crippen LogP contribution is 2.14. The van der Waals surface area contributed by atoms with E-state index in [2.05, 4.69) is 22.9 Å². The van der Waals surface area contributed by atoms with E-state index in [1.54, 1.807) is 24.3 Å². The number of anilines is 1. The summed E-state index contributed by atoms with van der Waals surface area (Å²) in [7, 11) is 0. The van der Waals surface area contributed by atoms with Crippen molar-refractivity contribution in [3.05, 3.63) is 65.7 Å². The monoisotopic (exact) mass is 353 g/mol. The second-order valence-corrected chi connectivity index (χ2v) is 6.24. The Morgan fingerprint density at radius 1 is 1.00 bits per heavy atom. The lowest BCUT2D eigenvalue weighted by Gasteiger charge is -2.14. The summed E-state index contributed by atoms with van der Waals surface area (Å²) >= 11 is 0. The molecule has 0 aromatic heterocycles. The molecule has 26 heavy (non-hydrogen) atoms. The number of hydrogen-bond donors (Lipinski definition) is 3. The molecule has 138 valence electrons. The summed E-state index contributed by atoms with van der Waals surface area (Å²) in [6, 6.07) is 16.9. The van der Waals surface area contributed by atoms with Crippen molar-refractivity contribution in [3.63, 3.8) is 0 Å². The van der Waals surface area contributed by atoms with Gasteiger partial charge in [-0.1, -0.05) is 43.7 Å². The Bertz CT molecular complexity index is 699. The molecule has 0 bridgehead atoms. The highest BCUT2D eigenvalue weighted by atomic mass is 16.2. The van der Waals surface area contributed by atoms with Crippen LogP contribution in [0.15, 0.2) is 54.6 Å². The van der Waals surface area contributed by atoms with Gasteiger partial charge in [-0.2, -0.15) is 0 Å². The average Bonchev–Trinajstić information content (AvgIpc) is 2.67. The van der Waals surface area contributed by atoms with E-state index in [0.717, 1.165) is 24.1 Å². The van der Waals surface area contributed by atoms with Gasteiger partial charge in [-0.05, 0) is 43.2 Å². The normalized spacial score (nSPS) is 11.5. The molecule has 0 radical (unpaired) electrons. The maximum atomic E-state index is 12.4. The van der Waals surface area contributed by atoms with E-state index in [9.17, 15) is 9.59 Å². The smallest absolute Gasteiger partial charge is 0.251 e. The maximum Gasteiger partial charge on any atom is 0.251 e. The van der Waals surface area contributed by atoms with Crippen molar-refractivity contribution in [1.29, 1.82) is 0 Å². The third kappa shape index (κ3) is 6.24. The zero-order chi connectivity index (χ0) is 18.8. The molecule has 0 fully saturated rings. The first-order valence-corrected chi connectivity index (χ1v) is 9.06. The van der Waals surface area contributed by atoms with E-state index >= 15 is 0 Å². The van der Waals surface area contributed by atoms with Gasteiger partial charge in [0.1, 0.15) is 0 Å². The van der Waals surface area contributed by atoms with Crippen molar-refractivity contribution < 1.29 is 9.59 Å². The number of nitrogens with one attached hydrogen (secondary N) is 3. The molecule has 0 aliphatic carbocycles. The molecule has 3 N–H and O–H groups in total. The molecular weight excluding hydrogens is 326 g/mol. The van der Waals surface area contributed by atoms with Gasteiger partial charge in [0.2, 0.25) is 5.91 Å². The van der Waals surface area contributed by atoms with Gasteiger partial charge in [0.25, 0.3) is 5.91 Å². The van der Waals surface area contributed by atoms with Crippen LogP contribution in [-0.2, 0) is 4.79 Å². The second-order valence-electron chi connectivity index (χ2n) is 6.24. The van der Waals surface area contributed by atoms with Crippen molar-refractivity contribution in [3.8, 4) is 0 Å². The summed E-state index contributed by atoms with van der Waals surface area (Å²) in [4.78, 5) is 24.0. The molecule has 0 saturated carbocycles. The number of carbonyl (C=O) groups is 2. The van der Waals surface area contributed by atoms with Gasteiger partial charge in [-0.15, -0.1) is 0 Å². The molecule has 0 saturated heterocycles. The maximum absolute atomic E-state index is 12.4. The lowest BCUT2D eigenvalue weighted by molar-refractivity contribution is -0.119. The highest BCUT2D eigenvalue weighted by Gasteiger charge is 2.11. The van der Waals surface area contributed by atoms with Gasteiger partial charge < -0.3 is 16.0 Å². The van der Waals surface area contributed by atoms with E-state index in [0.29, 0.717) is 12.1 Å². The van der Waals surface area contributed by atoms with Crippen LogP contribution in [0, 0.1) is 0 Å². The molecular formula is C21H27N3O2. The first-order chi connectivity index (χ1) is 12.6. The van der Waals surface area contributed by atoms with Gasteiger partial charge >= 0.3 is 0 Å². The minimum Gasteiger partial charge on any atom is -0.376 e. The number of unbranched alkanes of at least 4 members (excludes halogenated alkanes) is 1. The fraction of sp³-hybridized carbons (Fsp3) is 0.333. The largest absolute Gasteiger partial charge is 0.376 e. The number of rotatable bonds is 9. The molecule has 0 aliphatic heterocycles. The Labute approximate surface area is 155 Å². The van der Waals surface area contributed by atoms with Crippen LogP contribution >= 0.6 is 0 Å².